The Morgan fingerprint density at radius 3 is 2.25 bits per heavy atom. The number of amidine groups is 1. The van der Waals surface area contributed by atoms with Crippen molar-refractivity contribution in [2.45, 2.75) is 33.3 Å². The molecule has 1 N–H and O–H groups in total. The molecule has 92 valence electrons. The van der Waals surface area contributed by atoms with Crippen LogP contribution in [0.25, 0.3) is 0 Å². The highest BCUT2D eigenvalue weighted by atomic mass is 32.2. The molecule has 0 aliphatic carbocycles. The number of nitrogens with one attached hydrogen (secondary N) is 1. The van der Waals surface area contributed by atoms with Crippen LogP contribution in [0.2, 0.25) is 0 Å². The molecule has 0 spiro atoms. The second kappa shape index (κ2) is 6.37. The van der Waals surface area contributed by atoms with Crippen LogP contribution in [0.4, 0.5) is 4.79 Å². The quantitative estimate of drug-likeness (QED) is 0.331. The maximum atomic E-state index is 11.3. The van der Waals surface area contributed by atoms with Gasteiger partial charge in [0.05, 0.1) is 0 Å². The van der Waals surface area contributed by atoms with Crippen molar-refractivity contribution >= 4 is 29.0 Å². The maximum Gasteiger partial charge on any atom is 0.413 e. The average molecular weight is 248 g/mol. The van der Waals surface area contributed by atoms with Crippen LogP contribution >= 0.6 is 11.8 Å². The largest absolute Gasteiger partial charge is 0.444 e. The van der Waals surface area contributed by atoms with Crippen LogP contribution in [0.15, 0.2) is 5.16 Å². The van der Waals surface area contributed by atoms with Crippen molar-refractivity contribution in [2.75, 3.05) is 6.26 Å². The van der Waals surface area contributed by atoms with E-state index in [1.807, 2.05) is 0 Å². The summed E-state index contributed by atoms with van der Waals surface area (Å²) in [6.07, 6.45) is 1.03. The molecule has 0 aromatic heterocycles. The van der Waals surface area contributed by atoms with Gasteiger partial charge < -0.3 is 9.57 Å². The summed E-state index contributed by atoms with van der Waals surface area (Å²) in [4.78, 5) is 26.2. The normalized spacial score (nSPS) is 11.9. The zero-order chi connectivity index (χ0) is 12.8. The molecule has 0 aliphatic heterocycles. The van der Waals surface area contributed by atoms with Crippen LogP contribution in [-0.4, -0.2) is 29.1 Å². The Labute approximate surface area is 98.7 Å². The standard InChI is InChI=1S/C9H16N2O4S/c1-6(12)15-11-7(16-5)10-8(13)14-9(2,3)4/h1-5H3,(H,10,11,13). The van der Waals surface area contributed by atoms with E-state index in [0.717, 1.165) is 11.8 Å². The van der Waals surface area contributed by atoms with Gasteiger partial charge in [-0.25, -0.2) is 9.59 Å². The number of oxime groups is 1. The molecule has 0 heterocycles. The predicted molar refractivity (Wildman–Crippen MR) is 62.1 cm³/mol. The van der Waals surface area contributed by atoms with Crippen LogP contribution in [-0.2, 0) is 14.4 Å². The van der Waals surface area contributed by atoms with E-state index in [1.54, 1.807) is 27.0 Å². The molecule has 1 amide bonds. The molecule has 0 saturated carbocycles. The average Bonchev–Trinajstić information content (AvgIpc) is 2.08. The topological polar surface area (TPSA) is 77.0 Å². The van der Waals surface area contributed by atoms with Crippen molar-refractivity contribution in [2.24, 2.45) is 5.16 Å². The zero-order valence-electron chi connectivity index (χ0n) is 9.99. The number of hydrogen-bond acceptors (Lipinski definition) is 6. The van der Waals surface area contributed by atoms with Gasteiger partial charge in [0.15, 0.2) is 0 Å². The molecule has 0 aromatic rings. The smallest absolute Gasteiger partial charge is 0.413 e. The van der Waals surface area contributed by atoms with Crippen LogP contribution in [0.5, 0.6) is 0 Å². The van der Waals surface area contributed by atoms with E-state index in [4.69, 9.17) is 4.74 Å². The first kappa shape index (κ1) is 14.8. The lowest BCUT2D eigenvalue weighted by molar-refractivity contribution is -0.140. The summed E-state index contributed by atoms with van der Waals surface area (Å²) >= 11 is 1.13. The van der Waals surface area contributed by atoms with E-state index >= 15 is 0 Å². The summed E-state index contributed by atoms with van der Waals surface area (Å²) in [5.41, 5.74) is -0.588. The molecule has 0 aliphatic rings. The molecule has 0 unspecified atom stereocenters. The van der Waals surface area contributed by atoms with Gasteiger partial charge in [0.1, 0.15) is 5.60 Å². The van der Waals surface area contributed by atoms with Gasteiger partial charge in [-0.05, 0) is 27.0 Å². The summed E-state index contributed by atoms with van der Waals surface area (Å²) in [5.74, 6) is -0.558. The molecule has 0 radical (unpaired) electrons. The second-order valence-corrected chi connectivity index (χ2v) is 4.61. The molecular formula is C9H16N2O4S. The van der Waals surface area contributed by atoms with Gasteiger partial charge in [-0.1, -0.05) is 16.9 Å². The molecule has 0 saturated heterocycles. The molecule has 6 nitrogen and oxygen atoms in total. The third-order valence-electron chi connectivity index (χ3n) is 1.06. The Kier molecular flexibility index (Phi) is 5.87. The highest BCUT2D eigenvalue weighted by Gasteiger charge is 2.17. The molecule has 0 atom stereocenters. The second-order valence-electron chi connectivity index (χ2n) is 3.81. The number of amides is 1. The van der Waals surface area contributed by atoms with Crippen molar-refractivity contribution in [1.29, 1.82) is 0 Å². The molecule has 0 aromatic carbocycles. The molecule has 0 fully saturated rings. The number of carbonyl (C=O) groups is 2. The number of rotatable bonds is 1. The van der Waals surface area contributed by atoms with Gasteiger partial charge in [-0.2, -0.15) is 0 Å². The lowest BCUT2D eigenvalue weighted by Crippen LogP contribution is -2.35. The fourth-order valence-corrected chi connectivity index (χ4v) is 0.905. The highest BCUT2D eigenvalue weighted by molar-refractivity contribution is 8.13. The number of thioether (sulfide) groups is 1. The first-order valence-electron chi connectivity index (χ1n) is 4.54. The highest BCUT2D eigenvalue weighted by Crippen LogP contribution is 2.07. The fourth-order valence-electron chi connectivity index (χ4n) is 0.608. The zero-order valence-corrected chi connectivity index (χ0v) is 10.8. The summed E-state index contributed by atoms with van der Waals surface area (Å²) in [5, 5.41) is 5.94. The van der Waals surface area contributed by atoms with Crippen molar-refractivity contribution in [3.8, 4) is 0 Å². The minimum absolute atomic E-state index is 0.157. The third-order valence-corrected chi connectivity index (χ3v) is 1.62. The van der Waals surface area contributed by atoms with Gasteiger partial charge in [0, 0.05) is 6.92 Å². The minimum atomic E-state index is -0.646. The summed E-state index contributed by atoms with van der Waals surface area (Å²) < 4.78 is 4.99. The first-order chi connectivity index (χ1) is 7.24. The lowest BCUT2D eigenvalue weighted by Gasteiger charge is -2.19. The van der Waals surface area contributed by atoms with Crippen molar-refractivity contribution in [3.63, 3.8) is 0 Å². The van der Waals surface area contributed by atoms with Gasteiger partial charge in [-0.15, -0.1) is 0 Å². The van der Waals surface area contributed by atoms with Crippen LogP contribution in [0.3, 0.4) is 0 Å². The Hall–Kier alpha value is -1.24. The Morgan fingerprint density at radius 2 is 1.88 bits per heavy atom. The summed E-state index contributed by atoms with van der Waals surface area (Å²) in [6, 6.07) is 0. The molecule has 16 heavy (non-hydrogen) atoms. The van der Waals surface area contributed by atoms with Crippen molar-refractivity contribution < 1.29 is 19.2 Å². The van der Waals surface area contributed by atoms with Gasteiger partial charge >= 0.3 is 12.1 Å². The fraction of sp³-hybridized carbons (Fsp3) is 0.667. The number of hydrogen-bond donors (Lipinski definition) is 1. The van der Waals surface area contributed by atoms with E-state index in [0.29, 0.717) is 0 Å². The molecule has 0 rings (SSSR count). The SMILES string of the molecule is CS/C(=N\OC(C)=O)NC(=O)OC(C)(C)C. The number of carbonyl (C=O) groups excluding carboxylic acids is 2. The predicted octanol–water partition coefficient (Wildman–Crippen LogP) is 1.71. The molecule has 7 heteroatoms. The van der Waals surface area contributed by atoms with E-state index < -0.39 is 17.7 Å². The van der Waals surface area contributed by atoms with Gasteiger partial charge in [0.25, 0.3) is 0 Å². The number of nitrogens with zero attached hydrogens (tertiary/aromatic N) is 1. The molecular weight excluding hydrogens is 232 g/mol. The maximum absolute atomic E-state index is 11.3. The van der Waals surface area contributed by atoms with Crippen molar-refractivity contribution in [3.05, 3.63) is 0 Å². The van der Waals surface area contributed by atoms with E-state index in [1.165, 1.54) is 6.92 Å². The number of ether oxygens (including phenoxy) is 1. The van der Waals surface area contributed by atoms with Crippen LogP contribution < -0.4 is 5.32 Å². The van der Waals surface area contributed by atoms with Gasteiger partial charge in [0.2, 0.25) is 5.17 Å². The van der Waals surface area contributed by atoms with E-state index in [2.05, 4.69) is 15.3 Å². The van der Waals surface area contributed by atoms with Crippen LogP contribution in [0, 0.1) is 0 Å². The Balaban J connectivity index is 4.27. The van der Waals surface area contributed by atoms with E-state index in [-0.39, 0.29) is 5.17 Å². The minimum Gasteiger partial charge on any atom is -0.444 e. The summed E-state index contributed by atoms with van der Waals surface area (Å²) in [7, 11) is 0. The number of alkyl carbamates (subject to hydrolysis) is 1. The van der Waals surface area contributed by atoms with Crippen molar-refractivity contribution in [1.82, 2.24) is 5.32 Å². The summed E-state index contributed by atoms with van der Waals surface area (Å²) in [6.45, 7) is 6.45. The monoisotopic (exact) mass is 248 g/mol. The molecule has 0 bridgehead atoms. The van der Waals surface area contributed by atoms with Crippen LogP contribution in [0.1, 0.15) is 27.7 Å². The van der Waals surface area contributed by atoms with Gasteiger partial charge in [-0.3, -0.25) is 5.32 Å². The Bertz CT molecular complexity index is 296. The first-order valence-corrected chi connectivity index (χ1v) is 5.76. The lowest BCUT2D eigenvalue weighted by atomic mass is 10.2. The third kappa shape index (κ3) is 8.10. The Morgan fingerprint density at radius 1 is 1.31 bits per heavy atom. The van der Waals surface area contributed by atoms with E-state index in [9.17, 15) is 9.59 Å².